The third-order valence-electron chi connectivity index (χ3n) is 3.94. The Hall–Kier alpha value is -2.12. The van der Waals surface area contributed by atoms with Crippen LogP contribution in [0, 0.1) is 13.8 Å². The van der Waals surface area contributed by atoms with Crippen molar-refractivity contribution < 1.29 is 14.3 Å². The molecule has 6 nitrogen and oxygen atoms in total. The minimum absolute atomic E-state index is 0.0270. The highest BCUT2D eigenvalue weighted by Gasteiger charge is 2.16. The second kappa shape index (κ2) is 9.00. The number of carbonyl (C=O) groups is 1. The van der Waals surface area contributed by atoms with Crippen LogP contribution in [0.15, 0.2) is 35.6 Å². The molecule has 3 rings (SSSR count). The van der Waals surface area contributed by atoms with Gasteiger partial charge < -0.3 is 14.8 Å². The van der Waals surface area contributed by atoms with Crippen molar-refractivity contribution in [2.24, 2.45) is 0 Å². The Morgan fingerprint density at radius 2 is 2.08 bits per heavy atom. The van der Waals surface area contributed by atoms with Gasteiger partial charge in [-0.2, -0.15) is 0 Å². The van der Waals surface area contributed by atoms with Gasteiger partial charge >= 0.3 is 0 Å². The van der Waals surface area contributed by atoms with Gasteiger partial charge in [0.1, 0.15) is 17.1 Å². The van der Waals surface area contributed by atoms with Crippen LogP contribution in [0.3, 0.4) is 0 Å². The summed E-state index contributed by atoms with van der Waals surface area (Å²) in [5, 5.41) is 3.60. The van der Waals surface area contributed by atoms with Crippen LogP contribution in [0.5, 0.6) is 11.6 Å². The molecule has 1 fully saturated rings. The standard InChI is InChI=1S/C19H23N3O3S/c1-13-6-14(2)8-16(7-13)25-18-9-19(22-12-21-18)26-11-17(23)20-10-15-4-3-5-24-15/h6-9,12,15H,3-5,10-11H2,1-2H3,(H,20,23). The van der Waals surface area contributed by atoms with Crippen molar-refractivity contribution in [3.63, 3.8) is 0 Å². The van der Waals surface area contributed by atoms with E-state index in [0.717, 1.165) is 36.3 Å². The molecule has 26 heavy (non-hydrogen) atoms. The number of nitrogens with zero attached hydrogens (tertiary/aromatic N) is 2. The highest BCUT2D eigenvalue weighted by atomic mass is 32.2. The summed E-state index contributed by atoms with van der Waals surface area (Å²) in [5.41, 5.74) is 2.26. The second-order valence-corrected chi connectivity index (χ2v) is 7.34. The number of aryl methyl sites for hydroxylation is 2. The number of benzene rings is 1. The summed E-state index contributed by atoms with van der Waals surface area (Å²) in [4.78, 5) is 20.3. The van der Waals surface area contributed by atoms with Gasteiger partial charge in [0.15, 0.2) is 0 Å². The number of hydrogen-bond donors (Lipinski definition) is 1. The van der Waals surface area contributed by atoms with Gasteiger partial charge in [0.2, 0.25) is 11.8 Å². The fourth-order valence-corrected chi connectivity index (χ4v) is 3.48. The van der Waals surface area contributed by atoms with Crippen LogP contribution >= 0.6 is 11.8 Å². The molecule has 138 valence electrons. The summed E-state index contributed by atoms with van der Waals surface area (Å²) in [6.45, 7) is 5.41. The Morgan fingerprint density at radius 1 is 1.27 bits per heavy atom. The smallest absolute Gasteiger partial charge is 0.230 e. The first-order valence-electron chi connectivity index (χ1n) is 8.68. The number of hydrogen-bond acceptors (Lipinski definition) is 6. The second-order valence-electron chi connectivity index (χ2n) is 6.35. The molecule has 1 aliphatic heterocycles. The molecule has 1 atom stereocenters. The van der Waals surface area contributed by atoms with Crippen LogP contribution < -0.4 is 10.1 Å². The van der Waals surface area contributed by atoms with E-state index in [1.165, 1.54) is 18.1 Å². The Kier molecular flexibility index (Phi) is 6.46. The number of ether oxygens (including phenoxy) is 2. The van der Waals surface area contributed by atoms with Crippen LogP contribution in [-0.4, -0.2) is 40.9 Å². The normalized spacial score (nSPS) is 16.5. The van der Waals surface area contributed by atoms with E-state index in [4.69, 9.17) is 9.47 Å². The molecule has 1 aliphatic rings. The van der Waals surface area contributed by atoms with Crippen LogP contribution in [0.25, 0.3) is 0 Å². The Balaban J connectivity index is 1.51. The summed E-state index contributed by atoms with van der Waals surface area (Å²) in [7, 11) is 0. The number of aromatic nitrogens is 2. The van der Waals surface area contributed by atoms with Gasteiger partial charge in [-0.15, -0.1) is 0 Å². The minimum atomic E-state index is -0.0270. The molecule has 1 aromatic heterocycles. The molecular formula is C19H23N3O3S. The average Bonchev–Trinajstić information content (AvgIpc) is 3.11. The molecule has 0 spiro atoms. The van der Waals surface area contributed by atoms with Crippen LogP contribution in [0.2, 0.25) is 0 Å². The summed E-state index contributed by atoms with van der Waals surface area (Å²) in [5.74, 6) is 1.48. The lowest BCUT2D eigenvalue weighted by Crippen LogP contribution is -2.32. The van der Waals surface area contributed by atoms with E-state index in [1.807, 2.05) is 26.0 Å². The van der Waals surface area contributed by atoms with Gasteiger partial charge in [0.05, 0.1) is 11.9 Å². The molecule has 2 heterocycles. The molecule has 1 N–H and O–H groups in total. The number of nitrogens with one attached hydrogen (secondary N) is 1. The molecule has 2 aromatic rings. The molecule has 1 unspecified atom stereocenters. The Bertz CT molecular complexity index is 743. The topological polar surface area (TPSA) is 73.3 Å². The highest BCUT2D eigenvalue weighted by Crippen LogP contribution is 2.25. The van der Waals surface area contributed by atoms with E-state index < -0.39 is 0 Å². The van der Waals surface area contributed by atoms with E-state index in [1.54, 1.807) is 6.07 Å². The summed E-state index contributed by atoms with van der Waals surface area (Å²) < 4.78 is 11.3. The van der Waals surface area contributed by atoms with Gasteiger partial charge in [-0.3, -0.25) is 4.79 Å². The number of rotatable bonds is 7. The quantitative estimate of drug-likeness (QED) is 0.593. The molecule has 0 aliphatic carbocycles. The van der Waals surface area contributed by atoms with Crippen LogP contribution in [0.1, 0.15) is 24.0 Å². The van der Waals surface area contributed by atoms with Gasteiger partial charge in [-0.1, -0.05) is 17.8 Å². The first-order valence-corrected chi connectivity index (χ1v) is 9.66. The number of amides is 1. The first-order chi connectivity index (χ1) is 12.6. The fourth-order valence-electron chi connectivity index (χ4n) is 2.79. The van der Waals surface area contributed by atoms with Crippen molar-refractivity contribution >= 4 is 17.7 Å². The van der Waals surface area contributed by atoms with E-state index >= 15 is 0 Å². The van der Waals surface area contributed by atoms with E-state index in [2.05, 4.69) is 21.4 Å². The summed E-state index contributed by atoms with van der Waals surface area (Å²) in [6, 6.07) is 7.75. The Labute approximate surface area is 157 Å². The van der Waals surface area contributed by atoms with Crippen molar-refractivity contribution in [1.29, 1.82) is 0 Å². The summed E-state index contributed by atoms with van der Waals surface area (Å²) >= 11 is 1.36. The van der Waals surface area contributed by atoms with Crippen molar-refractivity contribution in [2.75, 3.05) is 18.9 Å². The number of carbonyl (C=O) groups excluding carboxylic acids is 1. The predicted octanol–water partition coefficient (Wildman–Crippen LogP) is 3.27. The maximum atomic E-state index is 12.0. The molecule has 0 bridgehead atoms. The van der Waals surface area contributed by atoms with Crippen molar-refractivity contribution in [1.82, 2.24) is 15.3 Å². The van der Waals surface area contributed by atoms with Crippen molar-refractivity contribution in [3.8, 4) is 11.6 Å². The lowest BCUT2D eigenvalue weighted by Gasteiger charge is -2.10. The molecule has 1 saturated heterocycles. The largest absolute Gasteiger partial charge is 0.439 e. The lowest BCUT2D eigenvalue weighted by molar-refractivity contribution is -0.119. The first kappa shape index (κ1) is 18.7. The van der Waals surface area contributed by atoms with Crippen molar-refractivity contribution in [3.05, 3.63) is 41.7 Å². The maximum Gasteiger partial charge on any atom is 0.230 e. The van der Waals surface area contributed by atoms with Gasteiger partial charge in [0, 0.05) is 19.2 Å². The van der Waals surface area contributed by atoms with Gasteiger partial charge in [-0.05, 0) is 49.9 Å². The minimum Gasteiger partial charge on any atom is -0.439 e. The molecule has 7 heteroatoms. The Morgan fingerprint density at radius 3 is 2.81 bits per heavy atom. The fraction of sp³-hybridized carbons (Fsp3) is 0.421. The van der Waals surface area contributed by atoms with E-state index in [9.17, 15) is 4.79 Å². The summed E-state index contributed by atoms with van der Waals surface area (Å²) in [6.07, 6.45) is 3.68. The SMILES string of the molecule is Cc1cc(C)cc(Oc2cc(SCC(=O)NCC3CCCO3)ncn2)c1. The maximum absolute atomic E-state index is 12.0. The zero-order valence-electron chi connectivity index (χ0n) is 15.0. The highest BCUT2D eigenvalue weighted by molar-refractivity contribution is 7.99. The van der Waals surface area contributed by atoms with Gasteiger partial charge in [0.25, 0.3) is 0 Å². The van der Waals surface area contributed by atoms with Crippen LogP contribution in [-0.2, 0) is 9.53 Å². The third kappa shape index (κ3) is 5.71. The van der Waals surface area contributed by atoms with Crippen molar-refractivity contribution in [2.45, 2.75) is 37.8 Å². The monoisotopic (exact) mass is 373 g/mol. The third-order valence-corrected chi connectivity index (χ3v) is 4.86. The molecule has 1 amide bonds. The zero-order chi connectivity index (χ0) is 18.4. The average molecular weight is 373 g/mol. The van der Waals surface area contributed by atoms with E-state index in [0.29, 0.717) is 23.2 Å². The molecule has 1 aromatic carbocycles. The van der Waals surface area contributed by atoms with Gasteiger partial charge in [-0.25, -0.2) is 9.97 Å². The zero-order valence-corrected chi connectivity index (χ0v) is 15.8. The van der Waals surface area contributed by atoms with E-state index in [-0.39, 0.29) is 12.0 Å². The lowest BCUT2D eigenvalue weighted by atomic mass is 10.1. The number of thioether (sulfide) groups is 1. The molecule has 0 saturated carbocycles. The van der Waals surface area contributed by atoms with Crippen LogP contribution in [0.4, 0.5) is 0 Å². The molecule has 0 radical (unpaired) electrons. The predicted molar refractivity (Wildman–Crippen MR) is 101 cm³/mol. The molecular weight excluding hydrogens is 350 g/mol.